The van der Waals surface area contributed by atoms with Gasteiger partial charge in [0.15, 0.2) is 0 Å². The van der Waals surface area contributed by atoms with Crippen molar-refractivity contribution in [1.82, 2.24) is 0 Å². The topological polar surface area (TPSA) is 35.2 Å². The van der Waals surface area contributed by atoms with E-state index in [0.29, 0.717) is 19.8 Å². The Morgan fingerprint density at radius 1 is 1.60 bits per heavy atom. The van der Waals surface area contributed by atoms with Crippen molar-refractivity contribution in [3.05, 3.63) is 12.7 Å². The van der Waals surface area contributed by atoms with Crippen molar-refractivity contribution in [2.24, 2.45) is 11.1 Å². The second kappa shape index (κ2) is 4.47. The maximum Gasteiger partial charge on any atom is 0.0645 e. The number of rotatable bonds is 5. The SMILES string of the molecule is C=CCOCC(C)(C)CN. The highest BCUT2D eigenvalue weighted by Gasteiger charge is 2.14. The molecule has 0 aliphatic carbocycles. The van der Waals surface area contributed by atoms with Crippen LogP contribution in [0.5, 0.6) is 0 Å². The first-order chi connectivity index (χ1) is 4.62. The summed E-state index contributed by atoms with van der Waals surface area (Å²) in [7, 11) is 0. The highest BCUT2D eigenvalue weighted by Crippen LogP contribution is 2.11. The molecule has 0 saturated carbocycles. The standard InChI is InChI=1S/C8H17NO/c1-4-5-10-7-8(2,3)6-9/h4H,1,5-7,9H2,2-3H3. The van der Waals surface area contributed by atoms with E-state index in [1.807, 2.05) is 0 Å². The molecule has 0 bridgehead atoms. The Bertz CT molecular complexity index is 99.4. The molecule has 0 radical (unpaired) electrons. The fraction of sp³-hybridized carbons (Fsp3) is 0.750. The summed E-state index contributed by atoms with van der Waals surface area (Å²) < 4.78 is 5.24. The third-order valence-corrected chi connectivity index (χ3v) is 1.28. The van der Waals surface area contributed by atoms with Crippen LogP contribution in [-0.4, -0.2) is 19.8 Å². The molecule has 60 valence electrons. The van der Waals surface area contributed by atoms with Crippen LogP contribution in [0.2, 0.25) is 0 Å². The average Bonchev–Trinajstić information content (AvgIpc) is 1.89. The van der Waals surface area contributed by atoms with Crippen LogP contribution in [0.4, 0.5) is 0 Å². The summed E-state index contributed by atoms with van der Waals surface area (Å²) >= 11 is 0. The maximum atomic E-state index is 5.48. The van der Waals surface area contributed by atoms with Gasteiger partial charge in [-0.15, -0.1) is 6.58 Å². The number of hydrogen-bond donors (Lipinski definition) is 1. The molecular weight excluding hydrogens is 126 g/mol. The van der Waals surface area contributed by atoms with E-state index in [0.717, 1.165) is 0 Å². The summed E-state index contributed by atoms with van der Waals surface area (Å²) in [5, 5.41) is 0. The van der Waals surface area contributed by atoms with Crippen molar-refractivity contribution in [2.45, 2.75) is 13.8 Å². The van der Waals surface area contributed by atoms with Gasteiger partial charge >= 0.3 is 0 Å². The van der Waals surface area contributed by atoms with E-state index in [1.54, 1.807) is 6.08 Å². The number of nitrogens with two attached hydrogens (primary N) is 1. The zero-order valence-electron chi connectivity index (χ0n) is 6.89. The molecule has 0 aromatic rings. The normalized spacial score (nSPS) is 11.5. The Hall–Kier alpha value is -0.340. The van der Waals surface area contributed by atoms with Crippen molar-refractivity contribution < 1.29 is 4.74 Å². The predicted octanol–water partition coefficient (Wildman–Crippen LogP) is 1.17. The third kappa shape index (κ3) is 4.53. The minimum absolute atomic E-state index is 0.100. The minimum Gasteiger partial charge on any atom is -0.377 e. The molecule has 0 amide bonds. The molecule has 0 saturated heterocycles. The second-order valence-electron chi connectivity index (χ2n) is 3.17. The fourth-order valence-electron chi connectivity index (χ4n) is 0.477. The minimum atomic E-state index is 0.100. The molecule has 2 heteroatoms. The van der Waals surface area contributed by atoms with Crippen LogP contribution < -0.4 is 5.73 Å². The van der Waals surface area contributed by atoms with Crippen LogP contribution >= 0.6 is 0 Å². The molecular formula is C8H17NO. The van der Waals surface area contributed by atoms with Gasteiger partial charge in [-0.3, -0.25) is 0 Å². The van der Waals surface area contributed by atoms with E-state index in [4.69, 9.17) is 10.5 Å². The van der Waals surface area contributed by atoms with E-state index in [9.17, 15) is 0 Å². The summed E-state index contributed by atoms with van der Waals surface area (Å²) in [5.74, 6) is 0. The number of ether oxygens (including phenoxy) is 1. The van der Waals surface area contributed by atoms with Crippen LogP contribution in [0.25, 0.3) is 0 Å². The first-order valence-electron chi connectivity index (χ1n) is 3.51. The Labute approximate surface area is 63.1 Å². The van der Waals surface area contributed by atoms with Crippen LogP contribution in [0.3, 0.4) is 0 Å². The molecule has 2 nitrogen and oxygen atoms in total. The van der Waals surface area contributed by atoms with E-state index >= 15 is 0 Å². The van der Waals surface area contributed by atoms with Gasteiger partial charge in [-0.2, -0.15) is 0 Å². The number of hydrogen-bond acceptors (Lipinski definition) is 2. The first-order valence-corrected chi connectivity index (χ1v) is 3.51. The monoisotopic (exact) mass is 143 g/mol. The lowest BCUT2D eigenvalue weighted by atomic mass is 9.95. The van der Waals surface area contributed by atoms with E-state index in [1.165, 1.54) is 0 Å². The lowest BCUT2D eigenvalue weighted by Crippen LogP contribution is -2.28. The molecule has 0 unspecified atom stereocenters. The smallest absolute Gasteiger partial charge is 0.0645 e. The van der Waals surface area contributed by atoms with Crippen LogP contribution in [-0.2, 0) is 4.74 Å². The average molecular weight is 143 g/mol. The van der Waals surface area contributed by atoms with E-state index in [2.05, 4.69) is 20.4 Å². The Morgan fingerprint density at radius 2 is 2.20 bits per heavy atom. The summed E-state index contributed by atoms with van der Waals surface area (Å²) in [6.07, 6.45) is 1.74. The molecule has 0 atom stereocenters. The molecule has 0 aromatic carbocycles. The van der Waals surface area contributed by atoms with Crippen molar-refractivity contribution in [3.63, 3.8) is 0 Å². The Kier molecular flexibility index (Phi) is 4.32. The zero-order valence-corrected chi connectivity index (χ0v) is 6.89. The summed E-state index contributed by atoms with van der Waals surface area (Å²) in [5.41, 5.74) is 5.58. The van der Waals surface area contributed by atoms with Crippen molar-refractivity contribution >= 4 is 0 Å². The van der Waals surface area contributed by atoms with Gasteiger partial charge in [0.2, 0.25) is 0 Å². The molecule has 2 N–H and O–H groups in total. The third-order valence-electron chi connectivity index (χ3n) is 1.28. The molecule has 10 heavy (non-hydrogen) atoms. The lowest BCUT2D eigenvalue weighted by Gasteiger charge is -2.21. The van der Waals surface area contributed by atoms with Gasteiger partial charge in [0, 0.05) is 5.41 Å². The van der Waals surface area contributed by atoms with Gasteiger partial charge in [0.1, 0.15) is 0 Å². The Balaban J connectivity index is 3.36. The van der Waals surface area contributed by atoms with Gasteiger partial charge in [0.05, 0.1) is 13.2 Å². The predicted molar refractivity (Wildman–Crippen MR) is 43.9 cm³/mol. The van der Waals surface area contributed by atoms with Gasteiger partial charge in [-0.1, -0.05) is 19.9 Å². The summed E-state index contributed by atoms with van der Waals surface area (Å²) in [6, 6.07) is 0. The van der Waals surface area contributed by atoms with Gasteiger partial charge in [-0.05, 0) is 6.54 Å². The van der Waals surface area contributed by atoms with Crippen molar-refractivity contribution in [2.75, 3.05) is 19.8 Å². The summed E-state index contributed by atoms with van der Waals surface area (Å²) in [4.78, 5) is 0. The summed E-state index contributed by atoms with van der Waals surface area (Å²) in [6.45, 7) is 9.68. The van der Waals surface area contributed by atoms with Gasteiger partial charge in [-0.25, -0.2) is 0 Å². The van der Waals surface area contributed by atoms with Crippen LogP contribution in [0, 0.1) is 5.41 Å². The second-order valence-corrected chi connectivity index (χ2v) is 3.17. The van der Waals surface area contributed by atoms with Crippen molar-refractivity contribution in [1.29, 1.82) is 0 Å². The van der Waals surface area contributed by atoms with Crippen molar-refractivity contribution in [3.8, 4) is 0 Å². The van der Waals surface area contributed by atoms with Crippen LogP contribution in [0.15, 0.2) is 12.7 Å². The molecule has 0 heterocycles. The largest absolute Gasteiger partial charge is 0.377 e. The zero-order chi connectivity index (χ0) is 8.04. The van der Waals surface area contributed by atoms with Gasteiger partial charge in [0.25, 0.3) is 0 Å². The fourth-order valence-corrected chi connectivity index (χ4v) is 0.477. The quantitative estimate of drug-likeness (QED) is 0.463. The van der Waals surface area contributed by atoms with E-state index in [-0.39, 0.29) is 5.41 Å². The molecule has 0 spiro atoms. The molecule has 0 aliphatic heterocycles. The molecule has 0 aliphatic rings. The molecule has 0 rings (SSSR count). The molecule has 0 fully saturated rings. The molecule has 0 aromatic heterocycles. The van der Waals surface area contributed by atoms with Crippen LogP contribution in [0.1, 0.15) is 13.8 Å². The lowest BCUT2D eigenvalue weighted by molar-refractivity contribution is 0.0855. The Morgan fingerprint density at radius 3 is 2.60 bits per heavy atom. The van der Waals surface area contributed by atoms with E-state index < -0.39 is 0 Å². The maximum absolute atomic E-state index is 5.48. The first kappa shape index (κ1) is 9.66. The highest BCUT2D eigenvalue weighted by atomic mass is 16.5. The highest BCUT2D eigenvalue weighted by molar-refractivity contribution is 4.70. The van der Waals surface area contributed by atoms with Gasteiger partial charge < -0.3 is 10.5 Å².